The van der Waals surface area contributed by atoms with Gasteiger partial charge in [0.1, 0.15) is 11.0 Å². The molecule has 1 aromatic heterocycles. The largest absolute Gasteiger partial charge is 0.303 e. The molecule has 0 aliphatic heterocycles. The standard InChI is InChI=1S/C11H18N4S/c1-3-15(4-2)7-5-13-10(9-12)11-14-6-8-16-11/h6,8,10,13H,3-5,7H2,1-2H3. The Kier molecular flexibility index (Phi) is 6.01. The van der Waals surface area contributed by atoms with Crippen LogP contribution in [-0.2, 0) is 0 Å². The van der Waals surface area contributed by atoms with Crippen molar-refractivity contribution in [2.45, 2.75) is 19.9 Å². The molecule has 0 aromatic carbocycles. The highest BCUT2D eigenvalue weighted by Gasteiger charge is 2.12. The van der Waals surface area contributed by atoms with E-state index in [-0.39, 0.29) is 6.04 Å². The topological polar surface area (TPSA) is 52.0 Å². The Bertz CT molecular complexity index is 313. The van der Waals surface area contributed by atoms with Gasteiger partial charge in [-0.25, -0.2) is 4.98 Å². The molecule has 1 unspecified atom stereocenters. The Balaban J connectivity index is 2.33. The summed E-state index contributed by atoms with van der Waals surface area (Å²) in [7, 11) is 0. The molecular formula is C11H18N4S. The number of likely N-dealkylation sites (N-methyl/N-ethyl adjacent to an activating group) is 1. The van der Waals surface area contributed by atoms with Crippen LogP contribution in [-0.4, -0.2) is 36.1 Å². The van der Waals surface area contributed by atoms with Crippen molar-refractivity contribution in [2.75, 3.05) is 26.2 Å². The smallest absolute Gasteiger partial charge is 0.148 e. The fourth-order valence-electron chi connectivity index (χ4n) is 1.47. The van der Waals surface area contributed by atoms with E-state index in [1.807, 2.05) is 5.38 Å². The zero-order valence-electron chi connectivity index (χ0n) is 9.81. The van der Waals surface area contributed by atoms with Gasteiger partial charge in [-0.15, -0.1) is 11.3 Å². The second-order valence-corrected chi connectivity index (χ2v) is 4.34. The van der Waals surface area contributed by atoms with E-state index < -0.39 is 0 Å². The fourth-order valence-corrected chi connectivity index (χ4v) is 2.13. The third kappa shape index (κ3) is 3.89. The molecule has 0 saturated carbocycles. The van der Waals surface area contributed by atoms with Crippen molar-refractivity contribution >= 4 is 11.3 Å². The fraction of sp³-hybridized carbons (Fsp3) is 0.636. The zero-order chi connectivity index (χ0) is 11.8. The summed E-state index contributed by atoms with van der Waals surface area (Å²) in [5, 5.41) is 15.0. The number of aromatic nitrogens is 1. The number of rotatable bonds is 7. The first kappa shape index (κ1) is 13.1. The number of thiazole rings is 1. The van der Waals surface area contributed by atoms with Crippen molar-refractivity contribution in [3.8, 4) is 6.07 Å². The molecule has 1 atom stereocenters. The number of hydrogen-bond donors (Lipinski definition) is 1. The lowest BCUT2D eigenvalue weighted by atomic mass is 10.3. The van der Waals surface area contributed by atoms with Crippen LogP contribution in [0.5, 0.6) is 0 Å². The Morgan fingerprint density at radius 2 is 2.31 bits per heavy atom. The van der Waals surface area contributed by atoms with Crippen molar-refractivity contribution in [2.24, 2.45) is 0 Å². The molecule has 1 aromatic rings. The molecule has 0 amide bonds. The summed E-state index contributed by atoms with van der Waals surface area (Å²) in [6.45, 7) is 8.17. The quantitative estimate of drug-likeness (QED) is 0.784. The summed E-state index contributed by atoms with van der Waals surface area (Å²) < 4.78 is 0. The minimum absolute atomic E-state index is 0.268. The van der Waals surface area contributed by atoms with Gasteiger partial charge in [-0.05, 0) is 13.1 Å². The van der Waals surface area contributed by atoms with Crippen molar-refractivity contribution in [1.82, 2.24) is 15.2 Å². The average molecular weight is 238 g/mol. The summed E-state index contributed by atoms with van der Waals surface area (Å²) in [4.78, 5) is 6.47. The Labute approximate surface area is 101 Å². The van der Waals surface area contributed by atoms with Gasteiger partial charge in [-0.2, -0.15) is 5.26 Å². The maximum Gasteiger partial charge on any atom is 0.148 e. The number of nitrogens with zero attached hydrogens (tertiary/aromatic N) is 3. The molecule has 1 rings (SSSR count). The number of nitriles is 1. The van der Waals surface area contributed by atoms with E-state index in [1.165, 1.54) is 11.3 Å². The maximum absolute atomic E-state index is 9.02. The first-order valence-electron chi connectivity index (χ1n) is 5.56. The van der Waals surface area contributed by atoms with Gasteiger partial charge in [-0.3, -0.25) is 5.32 Å². The maximum atomic E-state index is 9.02. The van der Waals surface area contributed by atoms with E-state index >= 15 is 0 Å². The Hall–Kier alpha value is -0.960. The molecule has 0 bridgehead atoms. The lowest BCUT2D eigenvalue weighted by molar-refractivity contribution is 0.300. The van der Waals surface area contributed by atoms with Gasteiger partial charge in [0.25, 0.3) is 0 Å². The highest BCUT2D eigenvalue weighted by atomic mass is 32.1. The van der Waals surface area contributed by atoms with Crippen molar-refractivity contribution < 1.29 is 0 Å². The molecule has 4 nitrogen and oxygen atoms in total. The molecule has 0 spiro atoms. The minimum Gasteiger partial charge on any atom is -0.303 e. The number of hydrogen-bond acceptors (Lipinski definition) is 5. The predicted octanol–water partition coefficient (Wildman–Crippen LogP) is 1.64. The summed E-state index contributed by atoms with van der Waals surface area (Å²) >= 11 is 1.52. The Morgan fingerprint density at radius 1 is 1.56 bits per heavy atom. The van der Waals surface area contributed by atoms with E-state index in [9.17, 15) is 0 Å². The third-order valence-electron chi connectivity index (χ3n) is 2.50. The van der Waals surface area contributed by atoms with Gasteiger partial charge in [0.2, 0.25) is 0 Å². The highest BCUT2D eigenvalue weighted by molar-refractivity contribution is 7.09. The molecule has 0 saturated heterocycles. The van der Waals surface area contributed by atoms with E-state index in [2.05, 4.69) is 35.1 Å². The van der Waals surface area contributed by atoms with Crippen LogP contribution < -0.4 is 5.32 Å². The van der Waals surface area contributed by atoms with Crippen LogP contribution in [0.15, 0.2) is 11.6 Å². The van der Waals surface area contributed by atoms with Gasteiger partial charge in [0, 0.05) is 24.7 Å². The summed E-state index contributed by atoms with van der Waals surface area (Å²) in [5.74, 6) is 0. The van der Waals surface area contributed by atoms with Gasteiger partial charge in [0.15, 0.2) is 0 Å². The lowest BCUT2D eigenvalue weighted by Crippen LogP contribution is -2.33. The van der Waals surface area contributed by atoms with Crippen LogP contribution in [0, 0.1) is 11.3 Å². The molecule has 0 aliphatic rings. The average Bonchev–Trinajstić information content (AvgIpc) is 2.83. The summed E-state index contributed by atoms with van der Waals surface area (Å²) in [6, 6.07) is 1.96. The van der Waals surface area contributed by atoms with Crippen LogP contribution in [0.25, 0.3) is 0 Å². The number of nitrogens with one attached hydrogen (secondary N) is 1. The third-order valence-corrected chi connectivity index (χ3v) is 3.34. The molecule has 16 heavy (non-hydrogen) atoms. The molecule has 5 heteroatoms. The van der Waals surface area contributed by atoms with Gasteiger partial charge in [-0.1, -0.05) is 13.8 Å². The van der Waals surface area contributed by atoms with Crippen molar-refractivity contribution in [3.05, 3.63) is 16.6 Å². The van der Waals surface area contributed by atoms with Gasteiger partial charge in [0.05, 0.1) is 6.07 Å². The minimum atomic E-state index is -0.268. The first-order valence-corrected chi connectivity index (χ1v) is 6.44. The van der Waals surface area contributed by atoms with Crippen molar-refractivity contribution in [3.63, 3.8) is 0 Å². The first-order chi connectivity index (χ1) is 7.81. The zero-order valence-corrected chi connectivity index (χ0v) is 10.6. The van der Waals surface area contributed by atoms with Crippen LogP contribution in [0.2, 0.25) is 0 Å². The second kappa shape index (κ2) is 7.34. The Morgan fingerprint density at radius 3 is 2.81 bits per heavy atom. The normalized spacial score (nSPS) is 12.6. The monoisotopic (exact) mass is 238 g/mol. The van der Waals surface area contributed by atoms with Gasteiger partial charge >= 0.3 is 0 Å². The molecular weight excluding hydrogens is 220 g/mol. The van der Waals surface area contributed by atoms with Gasteiger partial charge < -0.3 is 4.90 Å². The van der Waals surface area contributed by atoms with Crippen molar-refractivity contribution in [1.29, 1.82) is 5.26 Å². The summed E-state index contributed by atoms with van der Waals surface area (Å²) in [5.41, 5.74) is 0. The lowest BCUT2D eigenvalue weighted by Gasteiger charge is -2.18. The molecule has 1 N–H and O–H groups in total. The van der Waals surface area contributed by atoms with E-state index in [0.717, 1.165) is 31.2 Å². The van der Waals surface area contributed by atoms with E-state index in [0.29, 0.717) is 0 Å². The molecule has 0 fully saturated rings. The molecule has 88 valence electrons. The molecule has 0 aliphatic carbocycles. The predicted molar refractivity (Wildman–Crippen MR) is 66.3 cm³/mol. The molecule has 1 heterocycles. The van der Waals surface area contributed by atoms with E-state index in [1.54, 1.807) is 6.20 Å². The SMILES string of the molecule is CCN(CC)CCNC(C#N)c1nccs1. The van der Waals surface area contributed by atoms with E-state index in [4.69, 9.17) is 5.26 Å². The summed E-state index contributed by atoms with van der Waals surface area (Å²) in [6.07, 6.45) is 1.73. The van der Waals surface area contributed by atoms with Crippen LogP contribution in [0.3, 0.4) is 0 Å². The second-order valence-electron chi connectivity index (χ2n) is 3.41. The van der Waals surface area contributed by atoms with Crippen LogP contribution >= 0.6 is 11.3 Å². The highest BCUT2D eigenvalue weighted by Crippen LogP contribution is 2.14. The van der Waals surface area contributed by atoms with Crippen LogP contribution in [0.1, 0.15) is 24.9 Å². The van der Waals surface area contributed by atoms with Crippen LogP contribution in [0.4, 0.5) is 0 Å². The molecule has 0 radical (unpaired) electrons.